The van der Waals surface area contributed by atoms with Gasteiger partial charge in [-0.05, 0) is 66.8 Å². The summed E-state index contributed by atoms with van der Waals surface area (Å²) in [7, 11) is -2.53. The number of hydrogen-bond donors (Lipinski definition) is 1. The Kier molecular flexibility index (Phi) is 10.7. The molecular weight excluding hydrogens is 526 g/mol. The molecule has 3 rings (SSSR count). The van der Waals surface area contributed by atoms with Crippen molar-refractivity contribution in [1.82, 2.24) is 10.2 Å². The fourth-order valence-electron chi connectivity index (χ4n) is 4.15. The van der Waals surface area contributed by atoms with Crippen molar-refractivity contribution in [3.05, 3.63) is 90.0 Å². The SMILES string of the molecule is CCc1ccc(N(CC(=O)N(Cc2cccc(OC)c2)[C@@H](C)C(=O)NCC(C)C)S(=O)(=O)c2ccccc2)cc1. The molecule has 0 fully saturated rings. The molecule has 3 aromatic carbocycles. The molecule has 0 saturated carbocycles. The van der Waals surface area contributed by atoms with Crippen LogP contribution >= 0.6 is 0 Å². The first-order chi connectivity index (χ1) is 19.1. The molecule has 9 heteroatoms. The number of methoxy groups -OCH3 is 1. The molecule has 0 radical (unpaired) electrons. The maximum absolute atomic E-state index is 14.0. The highest BCUT2D eigenvalue weighted by atomic mass is 32.2. The Bertz CT molecular complexity index is 1380. The van der Waals surface area contributed by atoms with E-state index in [4.69, 9.17) is 4.74 Å². The first kappa shape index (κ1) is 30.7. The number of nitrogens with zero attached hydrogens (tertiary/aromatic N) is 2. The van der Waals surface area contributed by atoms with Gasteiger partial charge in [0.2, 0.25) is 11.8 Å². The number of anilines is 1. The van der Waals surface area contributed by atoms with E-state index in [-0.39, 0.29) is 23.3 Å². The van der Waals surface area contributed by atoms with Gasteiger partial charge in [-0.1, -0.05) is 63.2 Å². The number of rotatable bonds is 13. The largest absolute Gasteiger partial charge is 0.497 e. The molecular formula is C31H39N3O5S. The summed E-state index contributed by atoms with van der Waals surface area (Å²) in [4.78, 5) is 28.6. The van der Waals surface area contributed by atoms with Crippen molar-refractivity contribution in [1.29, 1.82) is 0 Å². The van der Waals surface area contributed by atoms with E-state index in [0.717, 1.165) is 21.9 Å². The normalized spacial score (nSPS) is 12.1. The number of ether oxygens (including phenoxy) is 1. The maximum Gasteiger partial charge on any atom is 0.264 e. The average molecular weight is 566 g/mol. The second-order valence-electron chi connectivity index (χ2n) is 10.0. The summed E-state index contributed by atoms with van der Waals surface area (Å²) in [6, 6.07) is 21.5. The number of benzene rings is 3. The highest BCUT2D eigenvalue weighted by Gasteiger charge is 2.32. The van der Waals surface area contributed by atoms with Crippen molar-refractivity contribution >= 4 is 27.5 Å². The van der Waals surface area contributed by atoms with Crippen molar-refractivity contribution in [3.63, 3.8) is 0 Å². The van der Waals surface area contributed by atoms with Crippen LogP contribution in [0.1, 0.15) is 38.8 Å². The molecule has 8 nitrogen and oxygen atoms in total. The third kappa shape index (κ3) is 7.85. The van der Waals surface area contributed by atoms with E-state index in [9.17, 15) is 18.0 Å². The highest BCUT2D eigenvalue weighted by molar-refractivity contribution is 7.92. The lowest BCUT2D eigenvalue weighted by Crippen LogP contribution is -2.51. The van der Waals surface area contributed by atoms with Gasteiger partial charge in [-0.15, -0.1) is 0 Å². The van der Waals surface area contributed by atoms with Gasteiger partial charge in [0.25, 0.3) is 10.0 Å². The molecule has 1 atom stereocenters. The molecule has 0 spiro atoms. The van der Waals surface area contributed by atoms with Crippen LogP contribution < -0.4 is 14.4 Å². The van der Waals surface area contributed by atoms with Gasteiger partial charge in [0.05, 0.1) is 17.7 Å². The van der Waals surface area contributed by atoms with E-state index in [0.29, 0.717) is 18.0 Å². The van der Waals surface area contributed by atoms with Crippen molar-refractivity contribution in [2.24, 2.45) is 5.92 Å². The van der Waals surface area contributed by atoms with Crippen LogP contribution in [-0.2, 0) is 32.6 Å². The second kappa shape index (κ2) is 14.0. The van der Waals surface area contributed by atoms with E-state index in [1.54, 1.807) is 56.5 Å². The predicted molar refractivity (Wildman–Crippen MR) is 158 cm³/mol. The Balaban J connectivity index is 2.01. The minimum Gasteiger partial charge on any atom is -0.497 e. The molecule has 0 bridgehead atoms. The molecule has 0 aliphatic rings. The van der Waals surface area contributed by atoms with E-state index >= 15 is 0 Å². The van der Waals surface area contributed by atoms with Gasteiger partial charge in [-0.25, -0.2) is 8.42 Å². The van der Waals surface area contributed by atoms with Crippen LogP contribution in [0.2, 0.25) is 0 Å². The summed E-state index contributed by atoms with van der Waals surface area (Å²) in [5.74, 6) is 0.0335. The van der Waals surface area contributed by atoms with Gasteiger partial charge in [-0.3, -0.25) is 13.9 Å². The summed E-state index contributed by atoms with van der Waals surface area (Å²) in [5, 5.41) is 2.89. The molecule has 3 aromatic rings. The first-order valence-electron chi connectivity index (χ1n) is 13.4. The summed E-state index contributed by atoms with van der Waals surface area (Å²) in [5.41, 5.74) is 2.16. The number of carbonyl (C=O) groups is 2. The standard InChI is InChI=1S/C31H39N3O5S/c1-6-25-15-17-27(18-16-25)34(40(37,38)29-13-8-7-9-14-29)22-30(35)33(24(4)31(36)32-20-23(2)3)21-26-11-10-12-28(19-26)39-5/h7-19,23-24H,6,20-22H2,1-5H3,(H,32,36)/t24-/m0/s1. The van der Waals surface area contributed by atoms with Gasteiger partial charge in [0.1, 0.15) is 18.3 Å². The van der Waals surface area contributed by atoms with Gasteiger partial charge in [-0.2, -0.15) is 0 Å². The maximum atomic E-state index is 14.0. The molecule has 0 heterocycles. The molecule has 2 amide bonds. The zero-order valence-electron chi connectivity index (χ0n) is 23.8. The average Bonchev–Trinajstić information content (AvgIpc) is 2.97. The first-order valence-corrected chi connectivity index (χ1v) is 14.9. The topological polar surface area (TPSA) is 96.0 Å². The van der Waals surface area contributed by atoms with E-state index in [1.807, 2.05) is 45.0 Å². The van der Waals surface area contributed by atoms with Crippen LogP contribution in [0.15, 0.2) is 83.8 Å². The number of amides is 2. The summed E-state index contributed by atoms with van der Waals surface area (Å²) in [6.45, 7) is 7.72. The zero-order valence-corrected chi connectivity index (χ0v) is 24.6. The Morgan fingerprint density at radius 2 is 1.57 bits per heavy atom. The molecule has 40 heavy (non-hydrogen) atoms. The molecule has 0 aromatic heterocycles. The summed E-state index contributed by atoms with van der Waals surface area (Å²) >= 11 is 0. The summed E-state index contributed by atoms with van der Waals surface area (Å²) < 4.78 is 34.1. The molecule has 0 saturated heterocycles. The number of nitrogens with one attached hydrogen (secondary N) is 1. The molecule has 0 aliphatic heterocycles. The van der Waals surface area contributed by atoms with E-state index < -0.39 is 28.5 Å². The molecule has 0 aliphatic carbocycles. The monoisotopic (exact) mass is 565 g/mol. The smallest absolute Gasteiger partial charge is 0.264 e. The zero-order chi connectivity index (χ0) is 29.3. The van der Waals surface area contributed by atoms with Crippen molar-refractivity contribution in [2.75, 3.05) is 24.5 Å². The van der Waals surface area contributed by atoms with Crippen LogP contribution in [0.3, 0.4) is 0 Å². The number of sulfonamides is 1. The minimum absolute atomic E-state index is 0.0736. The Labute approximate surface area is 238 Å². The van der Waals surface area contributed by atoms with Gasteiger partial charge >= 0.3 is 0 Å². The number of aryl methyl sites for hydroxylation is 1. The quantitative estimate of drug-likeness (QED) is 0.326. The molecule has 214 valence electrons. The van der Waals surface area contributed by atoms with Crippen LogP contribution in [0, 0.1) is 5.92 Å². The number of hydrogen-bond acceptors (Lipinski definition) is 5. The van der Waals surface area contributed by atoms with Gasteiger partial charge in [0.15, 0.2) is 0 Å². The molecule has 1 N–H and O–H groups in total. The summed E-state index contributed by atoms with van der Waals surface area (Å²) in [6.07, 6.45) is 0.794. The third-order valence-corrected chi connectivity index (χ3v) is 8.37. The van der Waals surface area contributed by atoms with Crippen LogP contribution in [0.4, 0.5) is 5.69 Å². The Morgan fingerprint density at radius 3 is 2.17 bits per heavy atom. The molecule has 0 unspecified atom stereocenters. The lowest BCUT2D eigenvalue weighted by Gasteiger charge is -2.32. The predicted octanol–water partition coefficient (Wildman–Crippen LogP) is 4.64. The minimum atomic E-state index is -4.09. The van der Waals surface area contributed by atoms with Crippen LogP contribution in [0.25, 0.3) is 0 Å². The Morgan fingerprint density at radius 1 is 0.900 bits per heavy atom. The van der Waals surface area contributed by atoms with Gasteiger partial charge < -0.3 is 15.0 Å². The number of carbonyl (C=O) groups excluding carboxylic acids is 2. The third-order valence-electron chi connectivity index (χ3n) is 6.58. The lowest BCUT2D eigenvalue weighted by atomic mass is 10.1. The van der Waals surface area contributed by atoms with Crippen molar-refractivity contribution in [3.8, 4) is 5.75 Å². The fraction of sp³-hybridized carbons (Fsp3) is 0.355. The van der Waals surface area contributed by atoms with Crippen molar-refractivity contribution in [2.45, 2.75) is 51.6 Å². The van der Waals surface area contributed by atoms with Crippen molar-refractivity contribution < 1.29 is 22.7 Å². The lowest BCUT2D eigenvalue weighted by molar-refractivity contribution is -0.139. The van der Waals surface area contributed by atoms with E-state index in [1.165, 1.54) is 17.0 Å². The fourth-order valence-corrected chi connectivity index (χ4v) is 5.58. The second-order valence-corrected chi connectivity index (χ2v) is 11.9. The Hall–Kier alpha value is -3.85. The van der Waals surface area contributed by atoms with Crippen LogP contribution in [-0.4, -0.2) is 51.4 Å². The van der Waals surface area contributed by atoms with Crippen LogP contribution in [0.5, 0.6) is 5.75 Å². The van der Waals surface area contributed by atoms with E-state index in [2.05, 4.69) is 5.32 Å². The van der Waals surface area contributed by atoms with Gasteiger partial charge in [0, 0.05) is 13.1 Å². The highest BCUT2D eigenvalue weighted by Crippen LogP contribution is 2.25.